The van der Waals surface area contributed by atoms with E-state index in [1.165, 1.54) is 16.7 Å². The molecule has 1 unspecified atom stereocenters. The first-order chi connectivity index (χ1) is 20.7. The highest BCUT2D eigenvalue weighted by Gasteiger charge is 2.38. The van der Waals surface area contributed by atoms with Crippen LogP contribution in [0.15, 0.2) is 102 Å². The van der Waals surface area contributed by atoms with Crippen molar-refractivity contribution >= 4 is 22.6 Å². The van der Waals surface area contributed by atoms with E-state index in [1.807, 2.05) is 60.7 Å². The van der Waals surface area contributed by atoms with Gasteiger partial charge in [0.25, 0.3) is 5.56 Å². The van der Waals surface area contributed by atoms with Gasteiger partial charge in [0.05, 0.1) is 18.7 Å². The minimum atomic E-state index is -4.60. The van der Waals surface area contributed by atoms with Gasteiger partial charge in [-0.25, -0.2) is 4.79 Å². The van der Waals surface area contributed by atoms with Crippen molar-refractivity contribution in [3.8, 4) is 11.1 Å². The van der Waals surface area contributed by atoms with Crippen molar-refractivity contribution in [2.45, 2.75) is 31.8 Å². The molecule has 0 radical (unpaired) electrons. The van der Waals surface area contributed by atoms with Gasteiger partial charge >= 0.3 is 12.1 Å². The number of halogens is 3. The lowest BCUT2D eigenvalue weighted by Gasteiger charge is -2.24. The standard InChI is InChI=1S/C34H27F3N2O4/c35-34(36,37)26-10-6-9-23(16-26)31-25(15-22-13-14-24(20-40)28-12-5-4-11-27(22)28)17-30(41)39-29(33(42)43)19-38(32(31)39)18-21-7-2-1-3-8-21/h1-14,16-17,29,40H,15,18-20H2,(H,42,43). The third kappa shape index (κ3) is 5.28. The largest absolute Gasteiger partial charge is 0.480 e. The lowest BCUT2D eigenvalue weighted by atomic mass is 9.91. The number of hydrogen-bond acceptors (Lipinski definition) is 4. The highest BCUT2D eigenvalue weighted by atomic mass is 19.4. The molecule has 9 heteroatoms. The van der Waals surface area contributed by atoms with Gasteiger partial charge in [-0.05, 0) is 57.1 Å². The van der Waals surface area contributed by atoms with Gasteiger partial charge in [-0.1, -0.05) is 78.9 Å². The Bertz CT molecular complexity index is 1900. The SMILES string of the molecule is O=C(O)C1CN(Cc2ccccc2)c2c(-c3cccc(C(F)(F)F)c3)c(Cc3ccc(CO)c4ccccc34)cc(=O)n21. The lowest BCUT2D eigenvalue weighted by Crippen LogP contribution is -2.28. The van der Waals surface area contributed by atoms with Crippen LogP contribution < -0.4 is 10.5 Å². The van der Waals surface area contributed by atoms with Gasteiger partial charge in [0, 0.05) is 18.2 Å². The zero-order valence-electron chi connectivity index (χ0n) is 22.9. The van der Waals surface area contributed by atoms with Crippen molar-refractivity contribution < 1.29 is 28.2 Å². The highest BCUT2D eigenvalue weighted by Crippen LogP contribution is 2.42. The molecule has 6 rings (SSSR count). The van der Waals surface area contributed by atoms with Gasteiger partial charge in [-0.3, -0.25) is 9.36 Å². The average molecular weight is 585 g/mol. The summed E-state index contributed by atoms with van der Waals surface area (Å²) in [4.78, 5) is 27.8. The van der Waals surface area contributed by atoms with Gasteiger partial charge in [-0.15, -0.1) is 0 Å². The summed E-state index contributed by atoms with van der Waals surface area (Å²) >= 11 is 0. The van der Waals surface area contributed by atoms with E-state index < -0.39 is 29.3 Å². The van der Waals surface area contributed by atoms with Crippen LogP contribution in [0, 0.1) is 0 Å². The van der Waals surface area contributed by atoms with E-state index in [0.29, 0.717) is 11.1 Å². The van der Waals surface area contributed by atoms with Crippen LogP contribution in [0.4, 0.5) is 19.0 Å². The second-order valence-electron chi connectivity index (χ2n) is 10.6. The van der Waals surface area contributed by atoms with Crippen molar-refractivity contribution in [2.75, 3.05) is 11.4 Å². The summed E-state index contributed by atoms with van der Waals surface area (Å²) < 4.78 is 42.8. The van der Waals surface area contributed by atoms with Gasteiger partial charge in [0.1, 0.15) is 5.82 Å². The van der Waals surface area contributed by atoms with Crippen LogP contribution in [0.5, 0.6) is 0 Å². The quantitative estimate of drug-likeness (QED) is 0.231. The molecule has 2 heterocycles. The number of benzene rings is 4. The summed E-state index contributed by atoms with van der Waals surface area (Å²) in [6.07, 6.45) is -4.41. The normalized spacial score (nSPS) is 14.7. The maximum absolute atomic E-state index is 13.9. The van der Waals surface area contributed by atoms with Crippen LogP contribution >= 0.6 is 0 Å². The van der Waals surface area contributed by atoms with Crippen molar-refractivity contribution in [2.24, 2.45) is 0 Å². The Morgan fingerprint density at radius 3 is 2.19 bits per heavy atom. The Morgan fingerprint density at radius 1 is 0.837 bits per heavy atom. The zero-order valence-corrected chi connectivity index (χ0v) is 22.9. The topological polar surface area (TPSA) is 82.8 Å². The van der Waals surface area contributed by atoms with Crippen LogP contribution in [-0.2, 0) is 30.5 Å². The summed E-state index contributed by atoms with van der Waals surface area (Å²) in [5.74, 6) is -0.929. The number of aromatic nitrogens is 1. The van der Waals surface area contributed by atoms with Crippen molar-refractivity contribution in [3.63, 3.8) is 0 Å². The van der Waals surface area contributed by atoms with E-state index in [0.717, 1.165) is 39.6 Å². The van der Waals surface area contributed by atoms with Gasteiger partial charge in [0.2, 0.25) is 0 Å². The first kappa shape index (κ1) is 28.2. The zero-order chi connectivity index (χ0) is 30.3. The summed E-state index contributed by atoms with van der Waals surface area (Å²) in [6, 6.07) is 25.5. The number of carbonyl (C=O) groups is 1. The first-order valence-electron chi connectivity index (χ1n) is 13.7. The molecule has 0 spiro atoms. The molecule has 43 heavy (non-hydrogen) atoms. The molecular formula is C34H27F3N2O4. The van der Waals surface area contributed by atoms with Crippen molar-refractivity contribution in [1.29, 1.82) is 0 Å². The lowest BCUT2D eigenvalue weighted by molar-refractivity contribution is -0.140. The smallest absolute Gasteiger partial charge is 0.416 e. The van der Waals surface area contributed by atoms with Crippen LogP contribution in [0.1, 0.15) is 33.9 Å². The maximum atomic E-state index is 13.9. The molecule has 0 saturated heterocycles. The maximum Gasteiger partial charge on any atom is 0.416 e. The molecule has 1 aromatic heterocycles. The number of anilines is 1. The molecule has 0 bridgehead atoms. The molecule has 218 valence electrons. The Balaban J connectivity index is 1.62. The van der Waals surface area contributed by atoms with Crippen LogP contribution in [0.2, 0.25) is 0 Å². The molecule has 0 fully saturated rings. The van der Waals surface area contributed by atoms with E-state index in [2.05, 4.69) is 0 Å². The van der Waals surface area contributed by atoms with E-state index >= 15 is 0 Å². The van der Waals surface area contributed by atoms with Gasteiger partial charge in [-0.2, -0.15) is 13.2 Å². The molecule has 0 saturated carbocycles. The minimum absolute atomic E-state index is 0.0248. The van der Waals surface area contributed by atoms with Gasteiger partial charge < -0.3 is 15.1 Å². The van der Waals surface area contributed by atoms with E-state index in [-0.39, 0.29) is 37.5 Å². The molecular weight excluding hydrogens is 557 g/mol. The third-order valence-corrected chi connectivity index (χ3v) is 7.95. The Morgan fingerprint density at radius 2 is 1.51 bits per heavy atom. The number of aliphatic hydroxyl groups excluding tert-OH is 1. The third-order valence-electron chi connectivity index (χ3n) is 7.95. The number of rotatable bonds is 7. The fourth-order valence-corrected chi connectivity index (χ4v) is 6.01. The number of hydrogen-bond donors (Lipinski definition) is 2. The van der Waals surface area contributed by atoms with Crippen molar-refractivity contribution in [3.05, 3.63) is 135 Å². The summed E-state index contributed by atoms with van der Waals surface area (Å²) in [6.45, 7) is 0.0676. The molecule has 0 aliphatic carbocycles. The predicted molar refractivity (Wildman–Crippen MR) is 158 cm³/mol. The van der Waals surface area contributed by atoms with Gasteiger partial charge in [0.15, 0.2) is 6.04 Å². The Hall–Kier alpha value is -4.89. The Kier molecular flexibility index (Phi) is 7.27. The fourth-order valence-electron chi connectivity index (χ4n) is 6.01. The van der Waals surface area contributed by atoms with Crippen LogP contribution in [-0.4, -0.2) is 27.3 Å². The predicted octanol–water partition coefficient (Wildman–Crippen LogP) is 6.42. The number of alkyl halides is 3. The number of aliphatic hydroxyl groups is 1. The highest BCUT2D eigenvalue weighted by molar-refractivity contribution is 5.90. The summed E-state index contributed by atoms with van der Waals surface area (Å²) in [5, 5.41) is 21.6. The number of aliphatic carboxylic acids is 1. The molecule has 6 nitrogen and oxygen atoms in total. The fraction of sp³-hybridized carbons (Fsp3) is 0.176. The number of carboxylic acids is 1. The Labute approximate surface area is 244 Å². The first-order valence-corrected chi connectivity index (χ1v) is 13.7. The van der Waals surface area contributed by atoms with Crippen molar-refractivity contribution in [1.82, 2.24) is 4.57 Å². The monoisotopic (exact) mass is 584 g/mol. The molecule has 1 atom stereocenters. The van der Waals surface area contributed by atoms with Crippen LogP contribution in [0.3, 0.4) is 0 Å². The number of nitrogens with zero attached hydrogens (tertiary/aromatic N) is 2. The average Bonchev–Trinajstić information content (AvgIpc) is 3.37. The van der Waals surface area contributed by atoms with Crippen LogP contribution in [0.25, 0.3) is 21.9 Å². The molecule has 4 aromatic carbocycles. The number of pyridine rings is 1. The summed E-state index contributed by atoms with van der Waals surface area (Å²) in [7, 11) is 0. The molecule has 1 aliphatic heterocycles. The number of fused-ring (bicyclic) bond motifs is 2. The second kappa shape index (κ2) is 11.1. The molecule has 5 aromatic rings. The van der Waals surface area contributed by atoms with E-state index in [4.69, 9.17) is 0 Å². The van der Waals surface area contributed by atoms with E-state index in [1.54, 1.807) is 17.0 Å². The summed E-state index contributed by atoms with van der Waals surface area (Å²) in [5.41, 5.74) is 2.09. The molecule has 0 amide bonds. The number of carboxylic acid groups (broad SMARTS) is 1. The second-order valence-corrected chi connectivity index (χ2v) is 10.6. The molecule has 1 aliphatic rings. The minimum Gasteiger partial charge on any atom is -0.480 e. The molecule has 2 N–H and O–H groups in total. The van der Waals surface area contributed by atoms with E-state index in [9.17, 15) is 33.0 Å².